The second-order valence-corrected chi connectivity index (χ2v) is 3.34. The van der Waals surface area contributed by atoms with Crippen molar-refractivity contribution >= 4 is 21.8 Å². The van der Waals surface area contributed by atoms with Gasteiger partial charge in [0, 0.05) is 11.9 Å². The van der Waals surface area contributed by atoms with Gasteiger partial charge in [-0.15, -0.1) is 0 Å². The molecule has 0 saturated heterocycles. The van der Waals surface area contributed by atoms with Crippen molar-refractivity contribution in [1.82, 2.24) is 5.32 Å². The molecule has 0 bridgehead atoms. The molecule has 0 aromatic rings. The third-order valence-corrected chi connectivity index (χ3v) is 1.42. The molecule has 0 aromatic carbocycles. The number of alkyl halides is 1. The van der Waals surface area contributed by atoms with Crippen molar-refractivity contribution in [3.05, 3.63) is 12.2 Å². The number of hydrogen-bond donors (Lipinski definition) is 1. The zero-order valence-electron chi connectivity index (χ0n) is 6.93. The van der Waals surface area contributed by atoms with Gasteiger partial charge in [-0.25, -0.2) is 0 Å². The third-order valence-electron chi connectivity index (χ3n) is 1.04. The molecule has 0 aliphatic heterocycles. The molecular weight excluding hydrogens is 206 g/mol. The first kappa shape index (κ1) is 10.7. The fourth-order valence-electron chi connectivity index (χ4n) is 0.515. The molecule has 11 heavy (non-hydrogen) atoms. The van der Waals surface area contributed by atoms with E-state index >= 15 is 0 Å². The fraction of sp³-hybridized carbons (Fsp3) is 0.625. The average Bonchev–Trinajstić information content (AvgIpc) is 1.97. The minimum atomic E-state index is -0.0156. The van der Waals surface area contributed by atoms with Gasteiger partial charge in [-0.3, -0.25) is 4.79 Å². The molecule has 0 radical (unpaired) electrons. The molecule has 0 spiro atoms. The van der Waals surface area contributed by atoms with Crippen molar-refractivity contribution in [2.24, 2.45) is 5.92 Å². The molecule has 2 nitrogen and oxygen atoms in total. The number of amides is 1. The van der Waals surface area contributed by atoms with E-state index in [4.69, 9.17) is 0 Å². The summed E-state index contributed by atoms with van der Waals surface area (Å²) in [4.78, 5) is 10.9. The third kappa shape index (κ3) is 7.59. The predicted molar refractivity (Wildman–Crippen MR) is 50.8 cm³/mol. The molecule has 64 valence electrons. The smallest absolute Gasteiger partial charge is 0.243 e. The van der Waals surface area contributed by atoms with E-state index < -0.39 is 0 Å². The summed E-state index contributed by atoms with van der Waals surface area (Å²) in [6, 6.07) is 0. The first-order valence-electron chi connectivity index (χ1n) is 3.67. The maximum absolute atomic E-state index is 10.9. The standard InChI is InChI=1S/C8H14BrNO/c1-7(2)6-10-8(11)4-3-5-9/h3-4,7H,5-6H2,1-2H3,(H,10,11). The Morgan fingerprint density at radius 3 is 2.73 bits per heavy atom. The first-order chi connectivity index (χ1) is 5.16. The molecule has 0 aliphatic rings. The van der Waals surface area contributed by atoms with E-state index in [-0.39, 0.29) is 5.91 Å². The zero-order chi connectivity index (χ0) is 8.69. The van der Waals surface area contributed by atoms with Gasteiger partial charge < -0.3 is 5.32 Å². The zero-order valence-corrected chi connectivity index (χ0v) is 8.52. The fourth-order valence-corrected chi connectivity index (χ4v) is 0.702. The monoisotopic (exact) mass is 219 g/mol. The van der Waals surface area contributed by atoms with E-state index in [1.54, 1.807) is 6.08 Å². The molecule has 0 aromatic heterocycles. The summed E-state index contributed by atoms with van der Waals surface area (Å²) in [5.41, 5.74) is 0. The summed E-state index contributed by atoms with van der Waals surface area (Å²) >= 11 is 3.19. The lowest BCUT2D eigenvalue weighted by molar-refractivity contribution is -0.116. The van der Waals surface area contributed by atoms with Crippen LogP contribution in [0.4, 0.5) is 0 Å². The molecule has 0 atom stereocenters. The maximum atomic E-state index is 10.9. The molecule has 0 heterocycles. The molecule has 0 rings (SSSR count). The van der Waals surface area contributed by atoms with Crippen molar-refractivity contribution < 1.29 is 4.79 Å². The van der Waals surface area contributed by atoms with Crippen LogP contribution in [-0.2, 0) is 4.79 Å². The molecule has 3 heteroatoms. The highest BCUT2D eigenvalue weighted by molar-refractivity contribution is 9.09. The lowest BCUT2D eigenvalue weighted by Gasteiger charge is -2.03. The Morgan fingerprint density at radius 2 is 2.27 bits per heavy atom. The van der Waals surface area contributed by atoms with Crippen LogP contribution in [0.2, 0.25) is 0 Å². The predicted octanol–water partition coefficient (Wildman–Crippen LogP) is 1.71. The second-order valence-electron chi connectivity index (χ2n) is 2.70. The minimum Gasteiger partial charge on any atom is -0.352 e. The van der Waals surface area contributed by atoms with Crippen molar-refractivity contribution in [3.63, 3.8) is 0 Å². The first-order valence-corrected chi connectivity index (χ1v) is 4.79. The van der Waals surface area contributed by atoms with Crippen LogP contribution in [0.25, 0.3) is 0 Å². The number of rotatable bonds is 4. The van der Waals surface area contributed by atoms with Crippen LogP contribution in [0, 0.1) is 5.92 Å². The Kier molecular flexibility index (Phi) is 6.22. The van der Waals surface area contributed by atoms with Gasteiger partial charge in [0.05, 0.1) is 0 Å². The van der Waals surface area contributed by atoms with E-state index in [0.29, 0.717) is 5.92 Å². The van der Waals surface area contributed by atoms with E-state index in [0.717, 1.165) is 11.9 Å². The average molecular weight is 220 g/mol. The van der Waals surface area contributed by atoms with Gasteiger partial charge in [-0.05, 0) is 12.0 Å². The van der Waals surface area contributed by atoms with E-state index in [9.17, 15) is 4.79 Å². The Labute approximate surface area is 76.2 Å². The number of carbonyl (C=O) groups is 1. The van der Waals surface area contributed by atoms with Gasteiger partial charge in [0.25, 0.3) is 0 Å². The number of carbonyl (C=O) groups excluding carboxylic acids is 1. The van der Waals surface area contributed by atoms with Crippen LogP contribution in [0.5, 0.6) is 0 Å². The molecular formula is C8H14BrNO. The topological polar surface area (TPSA) is 29.1 Å². The van der Waals surface area contributed by atoms with Gasteiger partial charge in [0.2, 0.25) is 5.91 Å². The molecule has 1 amide bonds. The molecule has 0 saturated carbocycles. The summed E-state index contributed by atoms with van der Waals surface area (Å²) in [5.74, 6) is 0.495. The number of allylic oxidation sites excluding steroid dienone is 1. The number of halogens is 1. The molecule has 1 N–H and O–H groups in total. The molecule has 0 fully saturated rings. The largest absolute Gasteiger partial charge is 0.352 e. The van der Waals surface area contributed by atoms with Crippen molar-refractivity contribution in [2.75, 3.05) is 11.9 Å². The normalized spacial score (nSPS) is 10.9. The summed E-state index contributed by atoms with van der Waals surface area (Å²) in [7, 11) is 0. The lowest BCUT2D eigenvalue weighted by atomic mass is 10.2. The van der Waals surface area contributed by atoms with Crippen molar-refractivity contribution in [2.45, 2.75) is 13.8 Å². The molecule has 0 unspecified atom stereocenters. The highest BCUT2D eigenvalue weighted by Gasteiger charge is 1.95. The SMILES string of the molecule is CC(C)CNC(=O)C=CCBr. The molecule has 0 aliphatic carbocycles. The van der Waals surface area contributed by atoms with Crippen LogP contribution >= 0.6 is 15.9 Å². The van der Waals surface area contributed by atoms with Gasteiger partial charge >= 0.3 is 0 Å². The van der Waals surface area contributed by atoms with Gasteiger partial charge in [0.1, 0.15) is 0 Å². The van der Waals surface area contributed by atoms with Gasteiger partial charge in [-0.1, -0.05) is 35.9 Å². The Balaban J connectivity index is 3.45. The number of nitrogens with one attached hydrogen (secondary N) is 1. The summed E-state index contributed by atoms with van der Waals surface area (Å²) in [5, 5.41) is 3.49. The second kappa shape index (κ2) is 6.40. The highest BCUT2D eigenvalue weighted by atomic mass is 79.9. The van der Waals surface area contributed by atoms with Crippen LogP contribution in [0.1, 0.15) is 13.8 Å². The minimum absolute atomic E-state index is 0.0156. The van der Waals surface area contributed by atoms with Gasteiger partial charge in [-0.2, -0.15) is 0 Å². The van der Waals surface area contributed by atoms with Crippen LogP contribution < -0.4 is 5.32 Å². The Bertz CT molecular complexity index is 143. The summed E-state index contributed by atoms with van der Waals surface area (Å²) < 4.78 is 0. The Morgan fingerprint density at radius 1 is 1.64 bits per heavy atom. The van der Waals surface area contributed by atoms with Crippen LogP contribution in [0.15, 0.2) is 12.2 Å². The Hall–Kier alpha value is -0.310. The van der Waals surface area contributed by atoms with Crippen LogP contribution in [-0.4, -0.2) is 17.8 Å². The highest BCUT2D eigenvalue weighted by Crippen LogP contribution is 1.87. The van der Waals surface area contributed by atoms with Gasteiger partial charge in [0.15, 0.2) is 0 Å². The maximum Gasteiger partial charge on any atom is 0.243 e. The van der Waals surface area contributed by atoms with E-state index in [2.05, 4.69) is 35.1 Å². The summed E-state index contributed by atoms with van der Waals surface area (Å²) in [6.45, 7) is 4.87. The van der Waals surface area contributed by atoms with Crippen LogP contribution in [0.3, 0.4) is 0 Å². The van der Waals surface area contributed by atoms with E-state index in [1.165, 1.54) is 6.08 Å². The quantitative estimate of drug-likeness (QED) is 0.567. The lowest BCUT2D eigenvalue weighted by Crippen LogP contribution is -2.25. The van der Waals surface area contributed by atoms with E-state index in [1.807, 2.05) is 0 Å². The summed E-state index contributed by atoms with van der Waals surface area (Å²) in [6.07, 6.45) is 3.31. The van der Waals surface area contributed by atoms with Crippen molar-refractivity contribution in [3.8, 4) is 0 Å². The van der Waals surface area contributed by atoms with Crippen molar-refractivity contribution in [1.29, 1.82) is 0 Å². The number of hydrogen-bond acceptors (Lipinski definition) is 1.